The van der Waals surface area contributed by atoms with Crippen LogP contribution in [-0.4, -0.2) is 16.7 Å². The molecule has 2 aromatic carbocycles. The number of hydrogen-bond acceptors (Lipinski definition) is 5. The van der Waals surface area contributed by atoms with E-state index >= 15 is 0 Å². The zero-order valence-corrected chi connectivity index (χ0v) is 14.7. The lowest BCUT2D eigenvalue weighted by molar-refractivity contribution is 0.101. The van der Waals surface area contributed by atoms with E-state index in [2.05, 4.69) is 0 Å². The molecule has 1 N–H and O–H groups in total. The van der Waals surface area contributed by atoms with Gasteiger partial charge in [0.1, 0.15) is 17.3 Å². The Kier molecular flexibility index (Phi) is 4.01. The molecule has 2 heterocycles. The van der Waals surface area contributed by atoms with Crippen LogP contribution < -0.4 is 0 Å². The maximum Gasteiger partial charge on any atom is 0.200 e. The van der Waals surface area contributed by atoms with Gasteiger partial charge >= 0.3 is 0 Å². The summed E-state index contributed by atoms with van der Waals surface area (Å²) in [6.45, 7) is 1.40. The Morgan fingerprint density at radius 1 is 1.12 bits per heavy atom. The van der Waals surface area contributed by atoms with Crippen LogP contribution in [0.3, 0.4) is 0 Å². The number of carbonyl (C=O) groups is 2. The van der Waals surface area contributed by atoms with Crippen LogP contribution in [0.1, 0.15) is 33.4 Å². The normalized spacial score (nSPS) is 14.7. The summed E-state index contributed by atoms with van der Waals surface area (Å²) in [6, 6.07) is 15.8. The minimum absolute atomic E-state index is 0.00736. The number of rotatable bonds is 3. The van der Waals surface area contributed by atoms with Crippen molar-refractivity contribution in [2.24, 2.45) is 0 Å². The standard InChI is InChI=1S/C21H14O4S/c1-12(22)16-10-13(6-8-17(16)23)18-9-7-14(25-18)11-20-21(24)15-4-2-3-5-19(15)26-20/h2-11,23H,1H3/b20-11-. The lowest BCUT2D eigenvalue weighted by Crippen LogP contribution is -1.93. The summed E-state index contributed by atoms with van der Waals surface area (Å²) in [7, 11) is 0. The third kappa shape index (κ3) is 2.86. The highest BCUT2D eigenvalue weighted by atomic mass is 32.2. The van der Waals surface area contributed by atoms with E-state index in [1.807, 2.05) is 24.3 Å². The molecule has 0 bridgehead atoms. The summed E-state index contributed by atoms with van der Waals surface area (Å²) in [5, 5.41) is 9.76. The number of thioether (sulfide) groups is 1. The van der Waals surface area contributed by atoms with Crippen LogP contribution in [0, 0.1) is 0 Å². The average molecular weight is 362 g/mol. The summed E-state index contributed by atoms with van der Waals surface area (Å²) in [4.78, 5) is 25.6. The van der Waals surface area contributed by atoms with Crippen LogP contribution in [-0.2, 0) is 0 Å². The van der Waals surface area contributed by atoms with E-state index < -0.39 is 0 Å². The largest absolute Gasteiger partial charge is 0.507 e. The predicted octanol–water partition coefficient (Wildman–Crippen LogP) is 5.18. The first-order valence-electron chi connectivity index (χ1n) is 8.00. The minimum atomic E-state index is -0.219. The molecule has 1 aromatic heterocycles. The molecule has 26 heavy (non-hydrogen) atoms. The van der Waals surface area contributed by atoms with Gasteiger partial charge in [-0.25, -0.2) is 0 Å². The van der Waals surface area contributed by atoms with Gasteiger partial charge < -0.3 is 9.52 Å². The third-order valence-electron chi connectivity index (χ3n) is 4.14. The first-order valence-corrected chi connectivity index (χ1v) is 8.82. The average Bonchev–Trinajstić information content (AvgIpc) is 3.21. The Hall–Kier alpha value is -3.05. The van der Waals surface area contributed by atoms with Crippen molar-refractivity contribution >= 4 is 29.4 Å². The van der Waals surface area contributed by atoms with Crippen LogP contribution in [0.15, 0.2) is 68.8 Å². The van der Waals surface area contributed by atoms with Gasteiger partial charge in [0.05, 0.1) is 10.5 Å². The van der Waals surface area contributed by atoms with Crippen LogP contribution in [0.25, 0.3) is 17.4 Å². The highest BCUT2D eigenvalue weighted by Crippen LogP contribution is 2.41. The fraction of sp³-hybridized carbons (Fsp3) is 0.0476. The number of fused-ring (bicyclic) bond motifs is 1. The molecule has 4 rings (SSSR count). The molecule has 0 unspecified atom stereocenters. The lowest BCUT2D eigenvalue weighted by atomic mass is 10.1. The number of hydrogen-bond donors (Lipinski definition) is 1. The van der Waals surface area contributed by atoms with Crippen molar-refractivity contribution in [2.75, 3.05) is 0 Å². The van der Waals surface area contributed by atoms with Crippen molar-refractivity contribution in [3.8, 4) is 17.1 Å². The zero-order valence-electron chi connectivity index (χ0n) is 13.9. The number of carbonyl (C=O) groups excluding carboxylic acids is 2. The molecular weight excluding hydrogens is 348 g/mol. The van der Waals surface area contributed by atoms with Gasteiger partial charge in [-0.1, -0.05) is 23.9 Å². The van der Waals surface area contributed by atoms with Gasteiger partial charge in [-0.15, -0.1) is 0 Å². The van der Waals surface area contributed by atoms with Gasteiger partial charge in [0.2, 0.25) is 5.78 Å². The molecular formula is C21H14O4S. The monoisotopic (exact) mass is 362 g/mol. The molecule has 4 nitrogen and oxygen atoms in total. The second-order valence-corrected chi connectivity index (χ2v) is 7.01. The van der Waals surface area contributed by atoms with E-state index in [-0.39, 0.29) is 22.9 Å². The van der Waals surface area contributed by atoms with Crippen molar-refractivity contribution in [3.05, 3.63) is 76.4 Å². The van der Waals surface area contributed by atoms with Gasteiger partial charge in [-0.05, 0) is 55.5 Å². The van der Waals surface area contributed by atoms with Crippen molar-refractivity contribution in [2.45, 2.75) is 11.8 Å². The first kappa shape index (κ1) is 16.4. The van der Waals surface area contributed by atoms with Crippen molar-refractivity contribution in [3.63, 3.8) is 0 Å². The minimum Gasteiger partial charge on any atom is -0.507 e. The zero-order chi connectivity index (χ0) is 18.3. The number of furan rings is 1. The Labute approximate surface area is 154 Å². The molecule has 0 amide bonds. The SMILES string of the molecule is CC(=O)c1cc(-c2ccc(/C=C3\Sc4ccccc4C3=O)o2)ccc1O. The van der Waals surface area contributed by atoms with Crippen molar-refractivity contribution in [1.29, 1.82) is 0 Å². The van der Waals surface area contributed by atoms with E-state index in [1.54, 1.807) is 30.3 Å². The Morgan fingerprint density at radius 2 is 1.92 bits per heavy atom. The van der Waals surface area contributed by atoms with Crippen LogP contribution in [0.5, 0.6) is 5.75 Å². The Balaban J connectivity index is 1.65. The maximum absolute atomic E-state index is 12.4. The van der Waals surface area contributed by atoms with E-state index in [9.17, 15) is 14.7 Å². The molecule has 0 aliphatic carbocycles. The Morgan fingerprint density at radius 3 is 2.69 bits per heavy atom. The topological polar surface area (TPSA) is 67.5 Å². The maximum atomic E-state index is 12.4. The van der Waals surface area contributed by atoms with Gasteiger partial charge in [0, 0.05) is 16.0 Å². The first-order chi connectivity index (χ1) is 12.5. The highest BCUT2D eigenvalue weighted by molar-refractivity contribution is 8.04. The lowest BCUT2D eigenvalue weighted by Gasteiger charge is -2.03. The van der Waals surface area contributed by atoms with E-state index in [1.165, 1.54) is 24.8 Å². The summed E-state index contributed by atoms with van der Waals surface area (Å²) >= 11 is 1.43. The van der Waals surface area contributed by atoms with Crippen LogP contribution in [0.4, 0.5) is 0 Å². The van der Waals surface area contributed by atoms with Crippen molar-refractivity contribution in [1.82, 2.24) is 0 Å². The van der Waals surface area contributed by atoms with Gasteiger partial charge in [0.25, 0.3) is 0 Å². The van der Waals surface area contributed by atoms with E-state index in [0.717, 1.165) is 4.90 Å². The molecule has 5 heteroatoms. The summed E-state index contributed by atoms with van der Waals surface area (Å²) < 4.78 is 5.82. The summed E-state index contributed by atoms with van der Waals surface area (Å²) in [5.41, 5.74) is 1.64. The number of phenols is 1. The van der Waals surface area contributed by atoms with E-state index in [0.29, 0.717) is 27.6 Å². The number of phenolic OH excluding ortho intramolecular Hbond substituents is 1. The van der Waals surface area contributed by atoms with Crippen molar-refractivity contribution < 1.29 is 19.1 Å². The van der Waals surface area contributed by atoms with Gasteiger partial charge in [0.15, 0.2) is 5.78 Å². The number of aromatic hydroxyl groups is 1. The highest BCUT2D eigenvalue weighted by Gasteiger charge is 2.25. The third-order valence-corrected chi connectivity index (χ3v) is 5.23. The predicted molar refractivity (Wildman–Crippen MR) is 100 cm³/mol. The molecule has 0 saturated heterocycles. The molecule has 128 valence electrons. The second-order valence-electron chi connectivity index (χ2n) is 5.93. The molecule has 0 saturated carbocycles. The van der Waals surface area contributed by atoms with E-state index in [4.69, 9.17) is 4.42 Å². The molecule has 0 atom stereocenters. The summed E-state index contributed by atoms with van der Waals surface area (Å²) in [5.74, 6) is 0.838. The smallest absolute Gasteiger partial charge is 0.200 e. The number of Topliss-reactive ketones (excluding diaryl/α,β-unsaturated/α-hetero) is 2. The van der Waals surface area contributed by atoms with Crippen LogP contribution >= 0.6 is 11.8 Å². The fourth-order valence-corrected chi connectivity index (χ4v) is 3.85. The van der Waals surface area contributed by atoms with Gasteiger partial charge in [-0.2, -0.15) is 0 Å². The number of ketones is 2. The molecule has 0 radical (unpaired) electrons. The molecule has 3 aromatic rings. The number of allylic oxidation sites excluding steroid dienone is 1. The molecule has 0 fully saturated rings. The molecule has 1 aliphatic heterocycles. The molecule has 0 spiro atoms. The quantitative estimate of drug-likeness (QED) is 0.513. The second kappa shape index (κ2) is 6.35. The fourth-order valence-electron chi connectivity index (χ4n) is 2.82. The number of benzene rings is 2. The van der Waals surface area contributed by atoms with Gasteiger partial charge in [-0.3, -0.25) is 9.59 Å². The van der Waals surface area contributed by atoms with Crippen LogP contribution in [0.2, 0.25) is 0 Å². The summed E-state index contributed by atoms with van der Waals surface area (Å²) in [6.07, 6.45) is 1.72. The molecule has 1 aliphatic rings. The Bertz CT molecular complexity index is 1080.